The lowest BCUT2D eigenvalue weighted by atomic mass is 10.2. The van der Waals surface area contributed by atoms with Gasteiger partial charge in [-0.1, -0.05) is 12.8 Å². The summed E-state index contributed by atoms with van der Waals surface area (Å²) in [4.78, 5) is 27.9. The molecule has 7 nitrogen and oxygen atoms in total. The second kappa shape index (κ2) is 4.56. The van der Waals surface area contributed by atoms with Crippen LogP contribution in [0.3, 0.4) is 0 Å². The number of anilines is 1. The minimum atomic E-state index is -0.410. The van der Waals surface area contributed by atoms with Crippen LogP contribution in [0.25, 0.3) is 11.0 Å². The zero-order valence-corrected chi connectivity index (χ0v) is 10.9. The molecule has 102 valence electrons. The maximum Gasteiger partial charge on any atom is 0.328 e. The highest BCUT2D eigenvalue weighted by atomic mass is 16.2. The minimum absolute atomic E-state index is 0.362. The molecule has 1 aliphatic rings. The number of nitrogens with zero attached hydrogens (tertiary/aromatic N) is 3. The third-order valence-corrected chi connectivity index (χ3v) is 3.72. The molecule has 19 heavy (non-hydrogen) atoms. The van der Waals surface area contributed by atoms with E-state index in [0.29, 0.717) is 16.9 Å². The summed E-state index contributed by atoms with van der Waals surface area (Å²) < 4.78 is 1.44. The summed E-state index contributed by atoms with van der Waals surface area (Å²) in [5.74, 6) is 0.711. The van der Waals surface area contributed by atoms with Gasteiger partial charge in [-0.25, -0.2) is 4.79 Å². The fourth-order valence-corrected chi connectivity index (χ4v) is 2.65. The van der Waals surface area contributed by atoms with Gasteiger partial charge in [-0.3, -0.25) is 19.4 Å². The Kier molecular flexibility index (Phi) is 2.88. The number of nitrogens with one attached hydrogen (secondary N) is 2. The summed E-state index contributed by atoms with van der Waals surface area (Å²) >= 11 is 0. The van der Waals surface area contributed by atoms with Crippen molar-refractivity contribution < 1.29 is 0 Å². The van der Waals surface area contributed by atoms with E-state index in [2.05, 4.69) is 20.1 Å². The van der Waals surface area contributed by atoms with Crippen molar-refractivity contribution in [3.8, 4) is 0 Å². The van der Waals surface area contributed by atoms with Gasteiger partial charge in [-0.2, -0.15) is 5.10 Å². The van der Waals surface area contributed by atoms with Crippen LogP contribution >= 0.6 is 0 Å². The molecule has 2 aromatic rings. The molecule has 2 aromatic heterocycles. The largest absolute Gasteiger partial charge is 0.353 e. The zero-order valence-electron chi connectivity index (χ0n) is 10.9. The highest BCUT2D eigenvalue weighted by molar-refractivity contribution is 5.85. The molecule has 1 fully saturated rings. The topological polar surface area (TPSA) is 86.8 Å². The number of hydrogen-bond acceptors (Lipinski definition) is 4. The second-order valence-corrected chi connectivity index (χ2v) is 4.99. The number of rotatable bonds is 1. The summed E-state index contributed by atoms with van der Waals surface area (Å²) in [5, 5.41) is 6.99. The zero-order chi connectivity index (χ0) is 13.4. The van der Waals surface area contributed by atoms with Crippen molar-refractivity contribution in [1.82, 2.24) is 19.7 Å². The first-order valence-electron chi connectivity index (χ1n) is 6.61. The molecule has 3 heterocycles. The van der Waals surface area contributed by atoms with Gasteiger partial charge in [-0.05, 0) is 12.8 Å². The molecule has 0 amide bonds. The van der Waals surface area contributed by atoms with E-state index in [9.17, 15) is 9.59 Å². The first-order valence-corrected chi connectivity index (χ1v) is 6.61. The number of H-pyrrole nitrogens is 2. The molecule has 0 aromatic carbocycles. The third kappa shape index (κ3) is 1.94. The molecule has 2 N–H and O–H groups in total. The first-order chi connectivity index (χ1) is 9.18. The molecule has 0 radical (unpaired) electrons. The molecular formula is C12H17N5O2. The van der Waals surface area contributed by atoms with Gasteiger partial charge in [-0.15, -0.1) is 0 Å². The Balaban J connectivity index is 2.19. The van der Waals surface area contributed by atoms with Gasteiger partial charge in [0.25, 0.3) is 5.56 Å². The van der Waals surface area contributed by atoms with E-state index in [1.807, 2.05) is 0 Å². The Hall–Kier alpha value is -2.05. The van der Waals surface area contributed by atoms with Crippen molar-refractivity contribution >= 4 is 16.9 Å². The van der Waals surface area contributed by atoms with Crippen molar-refractivity contribution in [3.63, 3.8) is 0 Å². The van der Waals surface area contributed by atoms with Crippen molar-refractivity contribution in [2.45, 2.75) is 25.7 Å². The molecule has 1 saturated heterocycles. The van der Waals surface area contributed by atoms with E-state index < -0.39 is 11.2 Å². The van der Waals surface area contributed by atoms with Gasteiger partial charge in [0.2, 0.25) is 0 Å². The highest BCUT2D eigenvalue weighted by Gasteiger charge is 2.19. The quantitative estimate of drug-likeness (QED) is 0.776. The SMILES string of the molecule is Cn1c(=O)[nH]c(=O)c2[nH]nc(N3CCCCCC3)c21. The number of aromatic nitrogens is 4. The maximum absolute atomic E-state index is 11.8. The Morgan fingerprint density at radius 1 is 1.11 bits per heavy atom. The van der Waals surface area contributed by atoms with E-state index in [4.69, 9.17) is 0 Å². The Bertz CT molecular complexity index is 703. The third-order valence-electron chi connectivity index (χ3n) is 3.72. The monoisotopic (exact) mass is 263 g/mol. The van der Waals surface area contributed by atoms with Gasteiger partial charge in [0.05, 0.1) is 0 Å². The van der Waals surface area contributed by atoms with Gasteiger partial charge >= 0.3 is 5.69 Å². The minimum Gasteiger partial charge on any atom is -0.353 e. The molecule has 0 unspecified atom stereocenters. The number of aryl methyl sites for hydroxylation is 1. The predicted molar refractivity (Wildman–Crippen MR) is 72.6 cm³/mol. The average molecular weight is 263 g/mol. The van der Waals surface area contributed by atoms with Gasteiger partial charge in [0, 0.05) is 20.1 Å². The second-order valence-electron chi connectivity index (χ2n) is 4.99. The smallest absolute Gasteiger partial charge is 0.328 e. The molecule has 0 aliphatic carbocycles. The summed E-state index contributed by atoms with van der Waals surface area (Å²) in [6.45, 7) is 1.84. The number of fused-ring (bicyclic) bond motifs is 1. The number of aromatic amines is 2. The standard InChI is InChI=1S/C12H17N5O2/c1-16-9-8(11(18)13-12(16)19)14-15-10(9)17-6-4-2-3-5-7-17/h2-7H2,1H3,(H,14,15)(H,13,18,19). The van der Waals surface area contributed by atoms with Gasteiger partial charge in [0.15, 0.2) is 5.82 Å². The molecule has 0 bridgehead atoms. The summed E-state index contributed by atoms with van der Waals surface area (Å²) in [6.07, 6.45) is 4.67. The van der Waals surface area contributed by atoms with Gasteiger partial charge < -0.3 is 4.90 Å². The normalized spacial score (nSPS) is 16.8. The summed E-state index contributed by atoms with van der Waals surface area (Å²) in [7, 11) is 1.65. The van der Waals surface area contributed by atoms with Crippen LogP contribution in [-0.2, 0) is 7.05 Å². The van der Waals surface area contributed by atoms with Crippen molar-refractivity contribution in [2.75, 3.05) is 18.0 Å². The Morgan fingerprint density at radius 2 is 1.79 bits per heavy atom. The van der Waals surface area contributed by atoms with Crippen molar-refractivity contribution in [1.29, 1.82) is 0 Å². The molecule has 7 heteroatoms. The van der Waals surface area contributed by atoms with Gasteiger partial charge in [0.1, 0.15) is 11.0 Å². The molecule has 1 aliphatic heterocycles. The molecule has 0 atom stereocenters. The van der Waals surface area contributed by atoms with Crippen LogP contribution in [0.4, 0.5) is 5.82 Å². The molecule has 3 rings (SSSR count). The van der Waals surface area contributed by atoms with Crippen LogP contribution < -0.4 is 16.1 Å². The van der Waals surface area contributed by atoms with E-state index in [-0.39, 0.29) is 0 Å². The van der Waals surface area contributed by atoms with Crippen molar-refractivity contribution in [2.24, 2.45) is 7.05 Å². The first kappa shape index (κ1) is 12.0. The van der Waals surface area contributed by atoms with E-state index in [0.717, 1.165) is 25.9 Å². The Morgan fingerprint density at radius 3 is 2.47 bits per heavy atom. The van der Waals surface area contributed by atoms with Crippen LogP contribution in [0.15, 0.2) is 9.59 Å². The molecular weight excluding hydrogens is 246 g/mol. The van der Waals surface area contributed by atoms with E-state index >= 15 is 0 Å². The lowest BCUT2D eigenvalue weighted by Gasteiger charge is -2.20. The van der Waals surface area contributed by atoms with Crippen LogP contribution in [0, 0.1) is 0 Å². The fourth-order valence-electron chi connectivity index (χ4n) is 2.65. The molecule has 0 spiro atoms. The highest BCUT2D eigenvalue weighted by Crippen LogP contribution is 2.23. The Labute approximate surface area is 109 Å². The lowest BCUT2D eigenvalue weighted by Crippen LogP contribution is -2.30. The van der Waals surface area contributed by atoms with Crippen LogP contribution in [0.5, 0.6) is 0 Å². The average Bonchev–Trinajstić information content (AvgIpc) is 2.66. The summed E-state index contributed by atoms with van der Waals surface area (Å²) in [6, 6.07) is 0. The van der Waals surface area contributed by atoms with Crippen LogP contribution in [0.1, 0.15) is 25.7 Å². The fraction of sp³-hybridized carbons (Fsp3) is 0.583. The van der Waals surface area contributed by atoms with Crippen LogP contribution in [0.2, 0.25) is 0 Å². The molecule has 0 saturated carbocycles. The summed E-state index contributed by atoms with van der Waals surface area (Å²) in [5.41, 5.74) is 0.138. The van der Waals surface area contributed by atoms with Crippen LogP contribution in [-0.4, -0.2) is 32.8 Å². The van der Waals surface area contributed by atoms with Crippen molar-refractivity contribution in [3.05, 3.63) is 20.8 Å². The predicted octanol–water partition coefficient (Wildman–Crippen LogP) is 0.330. The maximum atomic E-state index is 11.8. The van der Waals surface area contributed by atoms with E-state index in [1.54, 1.807) is 7.05 Å². The number of hydrogen-bond donors (Lipinski definition) is 2. The lowest BCUT2D eigenvalue weighted by molar-refractivity contribution is 0.726. The van der Waals surface area contributed by atoms with E-state index in [1.165, 1.54) is 17.4 Å².